The predicted molar refractivity (Wildman–Crippen MR) is 90.0 cm³/mol. The van der Waals surface area contributed by atoms with Crippen molar-refractivity contribution in [3.05, 3.63) is 54.6 Å². The van der Waals surface area contributed by atoms with Gasteiger partial charge < -0.3 is 15.6 Å². The van der Waals surface area contributed by atoms with Gasteiger partial charge in [-0.05, 0) is 41.6 Å². The quantitative estimate of drug-likeness (QED) is 0.675. The molecule has 0 saturated carbocycles. The van der Waals surface area contributed by atoms with Gasteiger partial charge in [0.2, 0.25) is 5.82 Å². The first-order valence-electron chi connectivity index (χ1n) is 7.68. The van der Waals surface area contributed by atoms with E-state index in [2.05, 4.69) is 15.4 Å². The average Bonchev–Trinajstić information content (AvgIpc) is 3.04. The molecule has 0 saturated heterocycles. The van der Waals surface area contributed by atoms with E-state index >= 15 is 0 Å². The molecule has 8 nitrogen and oxygen atoms in total. The Bertz CT molecular complexity index is 833. The van der Waals surface area contributed by atoms with E-state index in [1.165, 1.54) is 4.80 Å². The van der Waals surface area contributed by atoms with E-state index in [-0.39, 0.29) is 13.0 Å². The molecule has 3 aromatic rings. The Balaban J connectivity index is 1.65. The summed E-state index contributed by atoms with van der Waals surface area (Å²) in [5.74, 6) is 0.938. The zero-order valence-corrected chi connectivity index (χ0v) is 13.3. The van der Waals surface area contributed by atoms with Crippen LogP contribution in [-0.2, 0) is 11.3 Å². The number of tetrazole rings is 1. The summed E-state index contributed by atoms with van der Waals surface area (Å²) in [6.45, 7) is 0.189. The van der Waals surface area contributed by atoms with Crippen molar-refractivity contribution in [3.8, 4) is 22.9 Å². The minimum Gasteiger partial charge on any atom is -0.481 e. The molecule has 0 aliphatic rings. The zero-order valence-electron chi connectivity index (χ0n) is 13.3. The molecule has 0 bridgehead atoms. The lowest BCUT2D eigenvalue weighted by molar-refractivity contribution is -0.137. The summed E-state index contributed by atoms with van der Waals surface area (Å²) < 4.78 is 5.73. The van der Waals surface area contributed by atoms with Crippen molar-refractivity contribution >= 4 is 5.97 Å². The molecule has 0 fully saturated rings. The minimum absolute atomic E-state index is 0.150. The van der Waals surface area contributed by atoms with Crippen LogP contribution in [0.25, 0.3) is 11.4 Å². The van der Waals surface area contributed by atoms with Crippen molar-refractivity contribution in [2.45, 2.75) is 19.0 Å². The van der Waals surface area contributed by atoms with Gasteiger partial charge in [0.25, 0.3) is 0 Å². The van der Waals surface area contributed by atoms with Crippen molar-refractivity contribution in [1.82, 2.24) is 20.2 Å². The highest BCUT2D eigenvalue weighted by Crippen LogP contribution is 2.23. The van der Waals surface area contributed by atoms with E-state index in [1.807, 2.05) is 54.6 Å². The molecule has 128 valence electrons. The molecule has 1 atom stereocenters. The lowest BCUT2D eigenvalue weighted by atomic mass is 10.2. The molecular formula is C17H17N5O3. The Hall–Kier alpha value is -3.26. The Morgan fingerprint density at radius 1 is 1.12 bits per heavy atom. The molecule has 0 aliphatic heterocycles. The highest BCUT2D eigenvalue weighted by atomic mass is 16.5. The van der Waals surface area contributed by atoms with Gasteiger partial charge in [0.1, 0.15) is 11.5 Å². The molecule has 0 unspecified atom stereocenters. The summed E-state index contributed by atoms with van der Waals surface area (Å²) in [6.07, 6.45) is -0.150. The standard InChI is InChI=1S/C17H17N5O3/c18-13(10-16(23)24)11-22-20-17(19-21-22)12-6-8-15(9-7-12)25-14-4-2-1-3-5-14/h1-9,13H,10-11,18H2,(H,23,24)/t13-/m1/s1. The summed E-state index contributed by atoms with van der Waals surface area (Å²) in [4.78, 5) is 11.9. The summed E-state index contributed by atoms with van der Waals surface area (Å²) in [7, 11) is 0. The molecule has 25 heavy (non-hydrogen) atoms. The van der Waals surface area contributed by atoms with E-state index in [0.29, 0.717) is 11.6 Å². The van der Waals surface area contributed by atoms with Gasteiger partial charge in [-0.2, -0.15) is 4.80 Å². The van der Waals surface area contributed by atoms with Crippen LogP contribution in [0.3, 0.4) is 0 Å². The Labute approximate surface area is 143 Å². The second-order valence-electron chi connectivity index (χ2n) is 5.47. The van der Waals surface area contributed by atoms with Gasteiger partial charge in [-0.3, -0.25) is 4.79 Å². The van der Waals surface area contributed by atoms with Gasteiger partial charge in [-0.1, -0.05) is 18.2 Å². The van der Waals surface area contributed by atoms with Gasteiger partial charge in [0, 0.05) is 11.6 Å². The first kappa shape index (κ1) is 16.6. The summed E-state index contributed by atoms with van der Waals surface area (Å²) in [5.41, 5.74) is 6.50. The molecule has 0 spiro atoms. The molecule has 1 aromatic heterocycles. The van der Waals surface area contributed by atoms with Crippen LogP contribution in [0.2, 0.25) is 0 Å². The number of aromatic nitrogens is 4. The molecule has 8 heteroatoms. The number of ether oxygens (including phenoxy) is 1. The fraction of sp³-hybridized carbons (Fsp3) is 0.176. The third-order valence-electron chi connectivity index (χ3n) is 3.38. The number of aliphatic carboxylic acids is 1. The molecule has 3 rings (SSSR count). The first-order chi connectivity index (χ1) is 12.1. The number of para-hydroxylation sites is 1. The smallest absolute Gasteiger partial charge is 0.304 e. The Morgan fingerprint density at radius 3 is 2.48 bits per heavy atom. The minimum atomic E-state index is -0.957. The van der Waals surface area contributed by atoms with Crippen molar-refractivity contribution in [3.63, 3.8) is 0 Å². The number of carbonyl (C=O) groups is 1. The van der Waals surface area contributed by atoms with Crippen LogP contribution in [-0.4, -0.2) is 37.3 Å². The lowest BCUT2D eigenvalue weighted by Gasteiger charge is -2.06. The van der Waals surface area contributed by atoms with Crippen LogP contribution in [0.4, 0.5) is 0 Å². The van der Waals surface area contributed by atoms with Crippen LogP contribution in [0, 0.1) is 0 Å². The Morgan fingerprint density at radius 2 is 1.80 bits per heavy atom. The highest BCUT2D eigenvalue weighted by Gasteiger charge is 2.12. The van der Waals surface area contributed by atoms with Crippen molar-refractivity contribution in [2.24, 2.45) is 5.73 Å². The third kappa shape index (κ3) is 4.61. The second-order valence-corrected chi connectivity index (χ2v) is 5.47. The fourth-order valence-electron chi connectivity index (χ4n) is 2.23. The zero-order chi connectivity index (χ0) is 17.6. The maximum atomic E-state index is 10.6. The number of carboxylic acid groups (broad SMARTS) is 1. The van der Waals surface area contributed by atoms with Gasteiger partial charge in [-0.25, -0.2) is 0 Å². The van der Waals surface area contributed by atoms with Gasteiger partial charge in [0.05, 0.1) is 13.0 Å². The maximum Gasteiger partial charge on any atom is 0.304 e. The van der Waals surface area contributed by atoms with Crippen LogP contribution in [0.5, 0.6) is 11.5 Å². The molecule has 0 amide bonds. The van der Waals surface area contributed by atoms with Gasteiger partial charge >= 0.3 is 5.97 Å². The largest absolute Gasteiger partial charge is 0.481 e. The molecular weight excluding hydrogens is 322 g/mol. The number of hydrogen-bond donors (Lipinski definition) is 2. The van der Waals surface area contributed by atoms with Crippen molar-refractivity contribution < 1.29 is 14.6 Å². The van der Waals surface area contributed by atoms with Crippen molar-refractivity contribution in [2.75, 3.05) is 0 Å². The number of carboxylic acids is 1. The summed E-state index contributed by atoms with van der Waals surface area (Å²) in [6, 6.07) is 16.2. The topological polar surface area (TPSA) is 116 Å². The van der Waals surface area contributed by atoms with Crippen LogP contribution in [0.15, 0.2) is 54.6 Å². The van der Waals surface area contributed by atoms with E-state index in [1.54, 1.807) is 0 Å². The van der Waals surface area contributed by atoms with Gasteiger partial charge in [0.15, 0.2) is 0 Å². The normalized spacial score (nSPS) is 11.9. The number of benzene rings is 2. The molecule has 0 aliphatic carbocycles. The monoisotopic (exact) mass is 339 g/mol. The molecule has 0 radical (unpaired) electrons. The van der Waals surface area contributed by atoms with E-state index in [9.17, 15) is 4.79 Å². The first-order valence-corrected chi connectivity index (χ1v) is 7.68. The summed E-state index contributed by atoms with van der Waals surface area (Å²) >= 11 is 0. The number of hydrogen-bond acceptors (Lipinski definition) is 6. The molecule has 3 N–H and O–H groups in total. The van der Waals surface area contributed by atoms with E-state index < -0.39 is 12.0 Å². The highest BCUT2D eigenvalue weighted by molar-refractivity contribution is 5.67. The predicted octanol–water partition coefficient (Wildman–Crippen LogP) is 1.93. The summed E-state index contributed by atoms with van der Waals surface area (Å²) in [5, 5.41) is 20.8. The number of nitrogens with two attached hydrogens (primary N) is 1. The number of nitrogens with zero attached hydrogens (tertiary/aromatic N) is 4. The van der Waals surface area contributed by atoms with Gasteiger partial charge in [-0.15, -0.1) is 10.2 Å². The van der Waals surface area contributed by atoms with E-state index in [4.69, 9.17) is 15.6 Å². The van der Waals surface area contributed by atoms with Crippen molar-refractivity contribution in [1.29, 1.82) is 0 Å². The van der Waals surface area contributed by atoms with Crippen LogP contribution in [0.1, 0.15) is 6.42 Å². The number of rotatable bonds is 7. The molecule has 2 aromatic carbocycles. The Kier molecular flexibility index (Phi) is 5.00. The van der Waals surface area contributed by atoms with E-state index in [0.717, 1.165) is 11.3 Å². The average molecular weight is 339 g/mol. The third-order valence-corrected chi connectivity index (χ3v) is 3.38. The SMILES string of the molecule is N[C@H](CC(=O)O)Cn1nnc(-c2ccc(Oc3ccccc3)cc2)n1. The van der Waals surface area contributed by atoms with Crippen LogP contribution < -0.4 is 10.5 Å². The molecule has 1 heterocycles. The van der Waals surface area contributed by atoms with Crippen LogP contribution >= 0.6 is 0 Å². The second kappa shape index (κ2) is 7.54. The maximum absolute atomic E-state index is 10.6. The lowest BCUT2D eigenvalue weighted by Crippen LogP contribution is -2.30. The fourth-order valence-corrected chi connectivity index (χ4v) is 2.23.